The number of ketones is 1. The Kier molecular flexibility index (Phi) is 9.21. The summed E-state index contributed by atoms with van der Waals surface area (Å²) in [4.78, 5) is 37.6. The predicted molar refractivity (Wildman–Crippen MR) is 97.7 cm³/mol. The van der Waals surface area contributed by atoms with E-state index in [1.807, 2.05) is 0 Å². The first-order valence-electron chi connectivity index (χ1n) is 8.46. The average Bonchev–Trinajstić information content (AvgIpc) is 2.59. The Morgan fingerprint density at radius 3 is 2.24 bits per heavy atom. The molecule has 6 heteroatoms. The molecule has 0 saturated carbocycles. The molecule has 0 N–H and O–H groups in total. The number of carbonyl (C=O) groups excluding carboxylic acids is 3. The molecule has 0 radical (unpaired) electrons. The van der Waals surface area contributed by atoms with Crippen LogP contribution in [0.2, 0.25) is 5.02 Å². The molecule has 1 aromatic rings. The van der Waals surface area contributed by atoms with Gasteiger partial charge in [0, 0.05) is 36.5 Å². The van der Waals surface area contributed by atoms with Crippen LogP contribution in [0.3, 0.4) is 0 Å². The molecule has 138 valence electrons. The molecule has 0 aliphatic rings. The number of ether oxygens (including phenoxy) is 1. The van der Waals surface area contributed by atoms with E-state index in [9.17, 15) is 14.4 Å². The molecule has 0 aliphatic carbocycles. The molecule has 0 saturated heterocycles. The zero-order valence-corrected chi connectivity index (χ0v) is 15.8. The molecule has 0 unspecified atom stereocenters. The van der Waals surface area contributed by atoms with Gasteiger partial charge in [-0.05, 0) is 36.6 Å². The van der Waals surface area contributed by atoms with Gasteiger partial charge in [-0.15, -0.1) is 0 Å². The van der Waals surface area contributed by atoms with E-state index >= 15 is 0 Å². The van der Waals surface area contributed by atoms with Crippen molar-refractivity contribution in [2.24, 2.45) is 5.92 Å². The summed E-state index contributed by atoms with van der Waals surface area (Å²) in [5.41, 5.74) is 0.542. The molecule has 0 aliphatic heterocycles. The minimum Gasteiger partial charge on any atom is -0.469 e. The Bertz CT molecular complexity index is 584. The quantitative estimate of drug-likeness (QED) is 0.466. The third-order valence-electron chi connectivity index (χ3n) is 3.87. The van der Waals surface area contributed by atoms with Crippen molar-refractivity contribution in [1.29, 1.82) is 0 Å². The molecule has 0 aromatic heterocycles. The number of nitrogens with zero attached hydrogens (tertiary/aromatic N) is 1. The largest absolute Gasteiger partial charge is 0.469 e. The summed E-state index contributed by atoms with van der Waals surface area (Å²) in [6.45, 7) is 5.04. The van der Waals surface area contributed by atoms with E-state index in [1.165, 1.54) is 7.11 Å². The normalized spacial score (nSPS) is 10.6. The van der Waals surface area contributed by atoms with Gasteiger partial charge in [-0.2, -0.15) is 0 Å². The Morgan fingerprint density at radius 2 is 1.68 bits per heavy atom. The van der Waals surface area contributed by atoms with Crippen LogP contribution in [0, 0.1) is 5.92 Å². The SMILES string of the molecule is COC(=O)CCN(CCC(C)C)C(=O)CCC(=O)c1ccc(Cl)cc1. The van der Waals surface area contributed by atoms with Crippen molar-refractivity contribution in [3.63, 3.8) is 0 Å². The van der Waals surface area contributed by atoms with E-state index in [2.05, 4.69) is 18.6 Å². The van der Waals surface area contributed by atoms with Crippen LogP contribution in [-0.2, 0) is 14.3 Å². The number of esters is 1. The highest BCUT2D eigenvalue weighted by Gasteiger charge is 2.17. The summed E-state index contributed by atoms with van der Waals surface area (Å²) in [6.07, 6.45) is 1.26. The van der Waals surface area contributed by atoms with E-state index in [4.69, 9.17) is 11.6 Å². The van der Waals surface area contributed by atoms with Gasteiger partial charge in [0.2, 0.25) is 5.91 Å². The number of methoxy groups -OCH3 is 1. The van der Waals surface area contributed by atoms with Gasteiger partial charge in [-0.1, -0.05) is 25.4 Å². The number of halogens is 1. The third-order valence-corrected chi connectivity index (χ3v) is 4.13. The highest BCUT2D eigenvalue weighted by molar-refractivity contribution is 6.30. The average molecular weight is 368 g/mol. The van der Waals surface area contributed by atoms with Gasteiger partial charge in [-0.3, -0.25) is 14.4 Å². The van der Waals surface area contributed by atoms with Crippen molar-refractivity contribution in [3.05, 3.63) is 34.9 Å². The van der Waals surface area contributed by atoms with Crippen LogP contribution >= 0.6 is 11.6 Å². The Hall–Kier alpha value is -1.88. The highest BCUT2D eigenvalue weighted by atomic mass is 35.5. The summed E-state index contributed by atoms with van der Waals surface area (Å²) in [7, 11) is 1.33. The lowest BCUT2D eigenvalue weighted by atomic mass is 10.1. The number of carbonyl (C=O) groups is 3. The molecule has 5 nitrogen and oxygen atoms in total. The van der Waals surface area contributed by atoms with Gasteiger partial charge in [0.25, 0.3) is 0 Å². The Labute approximate surface area is 154 Å². The maximum Gasteiger partial charge on any atom is 0.307 e. The van der Waals surface area contributed by atoms with Gasteiger partial charge in [-0.25, -0.2) is 0 Å². The molecule has 0 heterocycles. The maximum absolute atomic E-state index is 12.4. The zero-order chi connectivity index (χ0) is 18.8. The van der Waals surface area contributed by atoms with Crippen LogP contribution in [0.15, 0.2) is 24.3 Å². The number of rotatable bonds is 10. The molecule has 1 rings (SSSR count). The van der Waals surface area contributed by atoms with Gasteiger partial charge in [0.15, 0.2) is 5.78 Å². The molecule has 0 atom stereocenters. The fourth-order valence-electron chi connectivity index (χ4n) is 2.26. The van der Waals surface area contributed by atoms with E-state index in [-0.39, 0.29) is 36.9 Å². The van der Waals surface area contributed by atoms with Crippen LogP contribution in [0.4, 0.5) is 0 Å². The second-order valence-electron chi connectivity index (χ2n) is 6.32. The van der Waals surface area contributed by atoms with Crippen molar-refractivity contribution < 1.29 is 19.1 Å². The first kappa shape index (κ1) is 21.2. The first-order chi connectivity index (χ1) is 11.8. The molecule has 0 bridgehead atoms. The standard InChI is InChI=1S/C19H26ClNO4/c1-14(2)10-12-21(13-11-19(24)25-3)18(23)9-8-17(22)15-4-6-16(20)7-5-15/h4-7,14H,8-13H2,1-3H3. The molecule has 25 heavy (non-hydrogen) atoms. The van der Waals surface area contributed by atoms with E-state index in [1.54, 1.807) is 29.2 Å². The van der Waals surface area contributed by atoms with Gasteiger partial charge in [0.1, 0.15) is 0 Å². The molecule has 0 fully saturated rings. The smallest absolute Gasteiger partial charge is 0.307 e. The summed E-state index contributed by atoms with van der Waals surface area (Å²) in [6, 6.07) is 6.62. The lowest BCUT2D eigenvalue weighted by Gasteiger charge is -2.23. The fourth-order valence-corrected chi connectivity index (χ4v) is 2.39. The minimum absolute atomic E-state index is 0.0956. The Morgan fingerprint density at radius 1 is 1.04 bits per heavy atom. The van der Waals surface area contributed by atoms with E-state index in [0.717, 1.165) is 6.42 Å². The minimum atomic E-state index is -0.348. The van der Waals surface area contributed by atoms with Crippen molar-refractivity contribution in [2.75, 3.05) is 20.2 Å². The predicted octanol–water partition coefficient (Wildman–Crippen LogP) is 3.74. The van der Waals surface area contributed by atoms with Crippen molar-refractivity contribution >= 4 is 29.3 Å². The van der Waals surface area contributed by atoms with Gasteiger partial charge < -0.3 is 9.64 Å². The number of hydrogen-bond acceptors (Lipinski definition) is 4. The van der Waals surface area contributed by atoms with E-state index < -0.39 is 0 Å². The van der Waals surface area contributed by atoms with Crippen LogP contribution in [-0.4, -0.2) is 42.8 Å². The van der Waals surface area contributed by atoms with Crippen LogP contribution < -0.4 is 0 Å². The second kappa shape index (κ2) is 10.9. The maximum atomic E-state index is 12.4. The summed E-state index contributed by atoms with van der Waals surface area (Å²) < 4.78 is 4.63. The van der Waals surface area contributed by atoms with Crippen LogP contribution in [0.5, 0.6) is 0 Å². The fraction of sp³-hybridized carbons (Fsp3) is 0.526. The molecule has 0 spiro atoms. The van der Waals surface area contributed by atoms with Crippen molar-refractivity contribution in [3.8, 4) is 0 Å². The van der Waals surface area contributed by atoms with Crippen LogP contribution in [0.1, 0.15) is 49.9 Å². The zero-order valence-electron chi connectivity index (χ0n) is 15.1. The topological polar surface area (TPSA) is 63.7 Å². The molecule has 1 aromatic carbocycles. The van der Waals surface area contributed by atoms with E-state index in [0.29, 0.717) is 29.6 Å². The summed E-state index contributed by atoms with van der Waals surface area (Å²) >= 11 is 5.81. The third kappa shape index (κ3) is 8.16. The molecular formula is C19H26ClNO4. The van der Waals surface area contributed by atoms with Gasteiger partial charge >= 0.3 is 5.97 Å². The molecular weight excluding hydrogens is 342 g/mol. The molecule has 1 amide bonds. The van der Waals surface area contributed by atoms with Crippen molar-refractivity contribution in [1.82, 2.24) is 4.90 Å². The number of amides is 1. The number of benzene rings is 1. The monoisotopic (exact) mass is 367 g/mol. The lowest BCUT2D eigenvalue weighted by molar-refractivity contribution is -0.141. The number of Topliss-reactive ketones (excluding diaryl/α,β-unsaturated/α-hetero) is 1. The van der Waals surface area contributed by atoms with Gasteiger partial charge in [0.05, 0.1) is 13.5 Å². The summed E-state index contributed by atoms with van der Waals surface area (Å²) in [5.74, 6) is -0.114. The Balaban J connectivity index is 2.58. The number of hydrogen-bond donors (Lipinski definition) is 0. The van der Waals surface area contributed by atoms with Crippen molar-refractivity contribution in [2.45, 2.75) is 39.5 Å². The second-order valence-corrected chi connectivity index (χ2v) is 6.76. The highest BCUT2D eigenvalue weighted by Crippen LogP contribution is 2.13. The lowest BCUT2D eigenvalue weighted by Crippen LogP contribution is -2.34. The first-order valence-corrected chi connectivity index (χ1v) is 8.84. The summed E-state index contributed by atoms with van der Waals surface area (Å²) in [5, 5.41) is 0.565. The van der Waals surface area contributed by atoms with Crippen LogP contribution in [0.25, 0.3) is 0 Å².